The third-order valence-corrected chi connectivity index (χ3v) is 23.3. The van der Waals surface area contributed by atoms with Gasteiger partial charge in [-0.15, -0.1) is 0 Å². The SMILES string of the molecule is CC(=O)CCCc1cccc2c1O[C@H]1C[C@@H](O[Si](C)(C)C(C)(C)C)[C@H](CO)[C@@H]21.CC[C@@H]1[C@H]2c3cccc(CCCC(C)=O)c3O[C@H]2C[C@H]1O[Si](C)(C)C(C)(C)C. The molecular weight excluding hydrogens is 733 g/mol. The van der Waals surface area contributed by atoms with E-state index in [4.69, 9.17) is 18.3 Å². The Bertz CT molecular complexity index is 1560. The number of rotatable bonds is 14. The molecule has 2 fully saturated rings. The maximum Gasteiger partial charge on any atom is 0.192 e. The van der Waals surface area contributed by atoms with E-state index in [2.05, 4.69) is 111 Å². The van der Waals surface area contributed by atoms with Crippen LogP contribution in [0.25, 0.3) is 0 Å². The predicted molar refractivity (Wildman–Crippen MR) is 232 cm³/mol. The Balaban J connectivity index is 0.000000214. The minimum absolute atomic E-state index is 0.0513. The maximum atomic E-state index is 11.3. The summed E-state index contributed by atoms with van der Waals surface area (Å²) in [6.07, 6.45) is 8.42. The van der Waals surface area contributed by atoms with E-state index in [0.717, 1.165) is 56.4 Å². The van der Waals surface area contributed by atoms with Gasteiger partial charge in [-0.2, -0.15) is 0 Å². The Morgan fingerprint density at radius 2 is 1.09 bits per heavy atom. The first-order valence-electron chi connectivity index (χ1n) is 21.6. The number of para-hydroxylation sites is 2. The Kier molecular flexibility index (Phi) is 14.0. The van der Waals surface area contributed by atoms with E-state index in [-0.39, 0.29) is 58.4 Å². The topological polar surface area (TPSA) is 91.3 Å². The number of carbonyl (C=O) groups excluding carboxylic acids is 2. The first-order chi connectivity index (χ1) is 26.1. The lowest BCUT2D eigenvalue weighted by Gasteiger charge is -2.40. The maximum absolute atomic E-state index is 11.3. The number of carbonyl (C=O) groups is 2. The number of fused-ring (bicyclic) bond motifs is 6. The molecule has 312 valence electrons. The van der Waals surface area contributed by atoms with E-state index >= 15 is 0 Å². The van der Waals surface area contributed by atoms with E-state index < -0.39 is 16.6 Å². The minimum Gasteiger partial charge on any atom is -0.489 e. The second kappa shape index (κ2) is 17.5. The number of ether oxygens (including phenoxy) is 2. The summed E-state index contributed by atoms with van der Waals surface area (Å²) in [4.78, 5) is 22.5. The number of aliphatic hydroxyl groups excluding tert-OH is 1. The van der Waals surface area contributed by atoms with Crippen LogP contribution in [0, 0.1) is 11.8 Å². The molecule has 6 rings (SSSR count). The number of aliphatic hydroxyl groups is 1. The highest BCUT2D eigenvalue weighted by Crippen LogP contribution is 2.55. The summed E-state index contributed by atoms with van der Waals surface area (Å²) in [7, 11) is -3.70. The molecule has 2 aromatic carbocycles. The molecule has 7 nitrogen and oxygen atoms in total. The van der Waals surface area contributed by atoms with Crippen LogP contribution in [0.4, 0.5) is 0 Å². The lowest BCUT2D eigenvalue weighted by atomic mass is 9.85. The van der Waals surface area contributed by atoms with Crippen molar-refractivity contribution < 1.29 is 33.0 Å². The average Bonchev–Trinajstić information content (AvgIpc) is 3.81. The number of aryl methyl sites for hydroxylation is 2. The van der Waals surface area contributed by atoms with Crippen LogP contribution in [0.5, 0.6) is 11.5 Å². The Labute approximate surface area is 341 Å². The number of ketones is 2. The minimum atomic E-state index is -1.91. The molecule has 4 aliphatic rings. The smallest absolute Gasteiger partial charge is 0.192 e. The van der Waals surface area contributed by atoms with Gasteiger partial charge in [-0.3, -0.25) is 0 Å². The molecule has 8 atom stereocenters. The van der Waals surface area contributed by atoms with Gasteiger partial charge in [0, 0.05) is 61.2 Å². The zero-order chi connectivity index (χ0) is 41.4. The fraction of sp³-hybridized carbons (Fsp3) is 0.702. The highest BCUT2D eigenvalue weighted by Gasteiger charge is 2.54. The van der Waals surface area contributed by atoms with Gasteiger partial charge < -0.3 is 33.0 Å². The molecule has 9 heteroatoms. The zero-order valence-corrected chi connectivity index (χ0v) is 39.1. The molecule has 2 saturated carbocycles. The number of benzene rings is 2. The largest absolute Gasteiger partial charge is 0.489 e. The standard InChI is InChI=1S/C24H38O3Si.C23H36O4Si/c1-8-18-20(27-28(6,7)24(3,4)5)15-21-22(18)19-14-10-13-17(23(19)26-21)12-9-11-16(2)25;1-15(25)9-7-10-16-11-8-12-17-21-18(14-24)19(13-20(21)26-22(16)17)27-28(5,6)23(2,3)4/h10,13-14,18,20-22H,8-9,11-12,15H2,1-7H3;8,11-12,18-21,24H,7,9-10,13-14H2,1-6H3/t18-,20+,21-,22-;18-,19+,20-,21+/m00/s1. The van der Waals surface area contributed by atoms with Gasteiger partial charge in [-0.1, -0.05) is 91.3 Å². The molecule has 0 spiro atoms. The quantitative estimate of drug-likeness (QED) is 0.190. The van der Waals surface area contributed by atoms with Crippen molar-refractivity contribution in [2.75, 3.05) is 6.61 Å². The van der Waals surface area contributed by atoms with Gasteiger partial charge in [0.2, 0.25) is 0 Å². The molecule has 2 heterocycles. The summed E-state index contributed by atoms with van der Waals surface area (Å²) < 4.78 is 26.5. The molecule has 2 aliphatic heterocycles. The third kappa shape index (κ3) is 9.59. The normalized spacial score (nSPS) is 26.7. The van der Waals surface area contributed by atoms with Crippen molar-refractivity contribution in [3.8, 4) is 11.5 Å². The van der Waals surface area contributed by atoms with Gasteiger partial charge in [0.1, 0.15) is 35.3 Å². The molecule has 2 aliphatic carbocycles. The molecule has 0 amide bonds. The van der Waals surface area contributed by atoms with E-state index in [1.54, 1.807) is 13.8 Å². The fourth-order valence-corrected chi connectivity index (χ4v) is 11.9. The average molecular weight is 807 g/mol. The van der Waals surface area contributed by atoms with Crippen LogP contribution in [0.2, 0.25) is 36.3 Å². The van der Waals surface area contributed by atoms with Gasteiger partial charge in [0.05, 0.1) is 12.2 Å². The summed E-state index contributed by atoms with van der Waals surface area (Å²) in [5.41, 5.74) is 5.04. The van der Waals surface area contributed by atoms with Gasteiger partial charge in [-0.25, -0.2) is 0 Å². The van der Waals surface area contributed by atoms with Crippen LogP contribution >= 0.6 is 0 Å². The molecule has 0 aromatic heterocycles. The predicted octanol–water partition coefficient (Wildman–Crippen LogP) is 11.1. The Morgan fingerprint density at radius 3 is 1.45 bits per heavy atom. The van der Waals surface area contributed by atoms with Gasteiger partial charge >= 0.3 is 0 Å². The molecule has 0 unspecified atom stereocenters. The van der Waals surface area contributed by atoms with E-state index in [0.29, 0.717) is 30.8 Å². The van der Waals surface area contributed by atoms with Crippen molar-refractivity contribution >= 4 is 28.2 Å². The van der Waals surface area contributed by atoms with Gasteiger partial charge in [0.15, 0.2) is 16.6 Å². The fourth-order valence-electron chi connectivity index (χ4n) is 9.12. The highest BCUT2D eigenvalue weighted by molar-refractivity contribution is 6.74. The van der Waals surface area contributed by atoms with Crippen molar-refractivity contribution in [2.24, 2.45) is 11.8 Å². The van der Waals surface area contributed by atoms with Gasteiger partial charge in [-0.05, 0) is 92.8 Å². The van der Waals surface area contributed by atoms with Crippen molar-refractivity contribution in [2.45, 2.75) is 193 Å². The van der Waals surface area contributed by atoms with Crippen LogP contribution < -0.4 is 9.47 Å². The first-order valence-corrected chi connectivity index (χ1v) is 27.4. The van der Waals surface area contributed by atoms with E-state index in [9.17, 15) is 14.7 Å². The van der Waals surface area contributed by atoms with Crippen molar-refractivity contribution in [1.29, 1.82) is 0 Å². The monoisotopic (exact) mass is 806 g/mol. The molecule has 56 heavy (non-hydrogen) atoms. The molecular formula is C47H74O7Si2. The highest BCUT2D eigenvalue weighted by atomic mass is 28.4. The van der Waals surface area contributed by atoms with E-state index in [1.165, 1.54) is 22.3 Å². The summed E-state index contributed by atoms with van der Waals surface area (Å²) in [5.74, 6) is 3.83. The molecule has 2 aromatic rings. The van der Waals surface area contributed by atoms with Crippen LogP contribution in [-0.2, 0) is 31.3 Å². The molecule has 0 radical (unpaired) electrons. The van der Waals surface area contributed by atoms with Crippen molar-refractivity contribution in [1.82, 2.24) is 0 Å². The molecule has 0 saturated heterocycles. The second-order valence-electron chi connectivity index (χ2n) is 20.4. The van der Waals surface area contributed by atoms with Crippen LogP contribution in [0.1, 0.15) is 141 Å². The third-order valence-electron chi connectivity index (χ3n) is 14.3. The number of hydrogen-bond acceptors (Lipinski definition) is 7. The van der Waals surface area contributed by atoms with Gasteiger partial charge in [0.25, 0.3) is 0 Å². The summed E-state index contributed by atoms with van der Waals surface area (Å²) in [6.45, 7) is 28.7. The van der Waals surface area contributed by atoms with Crippen molar-refractivity contribution in [3.05, 3.63) is 58.7 Å². The zero-order valence-electron chi connectivity index (χ0n) is 37.1. The summed E-state index contributed by atoms with van der Waals surface area (Å²) >= 11 is 0. The lowest BCUT2D eigenvalue weighted by molar-refractivity contribution is -0.117. The van der Waals surface area contributed by atoms with Crippen LogP contribution in [0.15, 0.2) is 36.4 Å². The van der Waals surface area contributed by atoms with Crippen molar-refractivity contribution in [3.63, 3.8) is 0 Å². The second-order valence-corrected chi connectivity index (χ2v) is 29.9. The first kappa shape index (κ1) is 44.8. The molecule has 0 bridgehead atoms. The number of hydrogen-bond donors (Lipinski definition) is 1. The van der Waals surface area contributed by atoms with E-state index in [1.807, 2.05) is 0 Å². The number of Topliss-reactive ketones (excluding diaryl/α,β-unsaturated/α-hetero) is 2. The lowest BCUT2D eigenvalue weighted by Crippen LogP contribution is -2.45. The van der Waals surface area contributed by atoms with Crippen LogP contribution in [0.3, 0.4) is 0 Å². The Hall–Kier alpha value is -2.31. The van der Waals surface area contributed by atoms with Crippen LogP contribution in [-0.4, -0.2) is 64.3 Å². The summed E-state index contributed by atoms with van der Waals surface area (Å²) in [6, 6.07) is 12.9. The molecule has 1 N–H and O–H groups in total. The summed E-state index contributed by atoms with van der Waals surface area (Å²) in [5, 5.41) is 10.6. The Morgan fingerprint density at radius 1 is 0.696 bits per heavy atom.